The number of nitrogens with two attached hydrogens (primary N) is 1. The lowest BCUT2D eigenvalue weighted by atomic mass is 10.2. The summed E-state index contributed by atoms with van der Waals surface area (Å²) in [4.78, 5) is -0.0393. The van der Waals surface area contributed by atoms with E-state index in [4.69, 9.17) is 10.8 Å². The standard InChI is InChI=1S/C11H17F2N3O3S/c1-2-16-20(18,19)7-3-4-8(14)9(5-7)15-6-10(17)11(12)13/h3-5,10-11,15-17H,2,6,14H2,1H3. The summed E-state index contributed by atoms with van der Waals surface area (Å²) in [5, 5.41) is 11.5. The summed E-state index contributed by atoms with van der Waals surface area (Å²) in [7, 11) is -3.66. The summed E-state index contributed by atoms with van der Waals surface area (Å²) in [6.45, 7) is 1.42. The number of benzene rings is 1. The van der Waals surface area contributed by atoms with E-state index in [1.807, 2.05) is 0 Å². The number of alkyl halides is 2. The lowest BCUT2D eigenvalue weighted by Gasteiger charge is -2.14. The summed E-state index contributed by atoms with van der Waals surface area (Å²) < 4.78 is 50.2. The van der Waals surface area contributed by atoms with Crippen LogP contribution in [0.25, 0.3) is 0 Å². The first-order valence-electron chi connectivity index (χ1n) is 5.87. The Morgan fingerprint density at radius 3 is 2.60 bits per heavy atom. The molecule has 0 aromatic heterocycles. The van der Waals surface area contributed by atoms with Gasteiger partial charge in [0.05, 0.1) is 16.3 Å². The summed E-state index contributed by atoms with van der Waals surface area (Å²) in [6, 6.07) is 3.88. The average molecular weight is 309 g/mol. The number of anilines is 2. The number of hydrogen-bond acceptors (Lipinski definition) is 5. The van der Waals surface area contributed by atoms with E-state index in [1.54, 1.807) is 6.92 Å². The molecule has 0 aliphatic heterocycles. The SMILES string of the molecule is CCNS(=O)(=O)c1ccc(N)c(NCC(O)C(F)F)c1. The molecule has 20 heavy (non-hydrogen) atoms. The zero-order chi connectivity index (χ0) is 15.3. The van der Waals surface area contributed by atoms with Gasteiger partial charge in [-0.15, -0.1) is 0 Å². The number of aliphatic hydroxyl groups excluding tert-OH is 1. The molecule has 114 valence electrons. The maximum atomic E-state index is 12.2. The fourth-order valence-electron chi connectivity index (χ4n) is 1.43. The highest BCUT2D eigenvalue weighted by molar-refractivity contribution is 7.89. The Morgan fingerprint density at radius 1 is 1.40 bits per heavy atom. The van der Waals surface area contributed by atoms with E-state index in [9.17, 15) is 17.2 Å². The van der Waals surface area contributed by atoms with Gasteiger partial charge in [0.25, 0.3) is 6.43 Å². The van der Waals surface area contributed by atoms with Crippen LogP contribution >= 0.6 is 0 Å². The first-order chi connectivity index (χ1) is 9.27. The summed E-state index contributed by atoms with van der Waals surface area (Å²) in [5.41, 5.74) is 5.99. The van der Waals surface area contributed by atoms with E-state index in [0.29, 0.717) is 0 Å². The third-order valence-corrected chi connectivity index (χ3v) is 4.01. The number of sulfonamides is 1. The van der Waals surface area contributed by atoms with Gasteiger partial charge in [0.1, 0.15) is 6.10 Å². The van der Waals surface area contributed by atoms with Crippen molar-refractivity contribution in [3.05, 3.63) is 18.2 Å². The van der Waals surface area contributed by atoms with E-state index < -0.39 is 29.1 Å². The van der Waals surface area contributed by atoms with Crippen molar-refractivity contribution in [3.8, 4) is 0 Å². The van der Waals surface area contributed by atoms with E-state index in [0.717, 1.165) is 0 Å². The van der Waals surface area contributed by atoms with Gasteiger partial charge < -0.3 is 16.2 Å². The largest absolute Gasteiger partial charge is 0.397 e. The molecule has 9 heteroatoms. The van der Waals surface area contributed by atoms with Gasteiger partial charge >= 0.3 is 0 Å². The molecule has 1 aromatic carbocycles. The highest BCUT2D eigenvalue weighted by Crippen LogP contribution is 2.23. The van der Waals surface area contributed by atoms with Gasteiger partial charge in [0.15, 0.2) is 0 Å². The van der Waals surface area contributed by atoms with Crippen LogP contribution in [0.1, 0.15) is 6.92 Å². The van der Waals surface area contributed by atoms with Crippen LogP contribution in [0.15, 0.2) is 23.1 Å². The molecule has 1 atom stereocenters. The number of halogens is 2. The minimum absolute atomic E-state index is 0.0393. The molecule has 0 heterocycles. The van der Waals surface area contributed by atoms with E-state index in [2.05, 4.69) is 10.0 Å². The molecule has 0 radical (unpaired) electrons. The monoisotopic (exact) mass is 309 g/mol. The third kappa shape index (κ3) is 4.29. The average Bonchev–Trinajstić information content (AvgIpc) is 2.36. The van der Waals surface area contributed by atoms with Crippen LogP contribution in [0, 0.1) is 0 Å². The van der Waals surface area contributed by atoms with Crippen molar-refractivity contribution in [1.82, 2.24) is 4.72 Å². The van der Waals surface area contributed by atoms with Gasteiger partial charge in [-0.1, -0.05) is 6.92 Å². The molecule has 1 aromatic rings. The van der Waals surface area contributed by atoms with Crippen LogP contribution in [-0.4, -0.2) is 39.1 Å². The van der Waals surface area contributed by atoms with Crippen LogP contribution in [0.4, 0.5) is 20.2 Å². The molecule has 0 amide bonds. The zero-order valence-electron chi connectivity index (χ0n) is 10.8. The molecule has 0 saturated heterocycles. The Balaban J connectivity index is 2.93. The summed E-state index contributed by atoms with van der Waals surface area (Å²) >= 11 is 0. The highest BCUT2D eigenvalue weighted by Gasteiger charge is 2.18. The van der Waals surface area contributed by atoms with Crippen LogP contribution in [0.3, 0.4) is 0 Å². The van der Waals surface area contributed by atoms with Crippen LogP contribution in [-0.2, 0) is 10.0 Å². The van der Waals surface area contributed by atoms with E-state index in [-0.39, 0.29) is 22.8 Å². The van der Waals surface area contributed by atoms with Crippen molar-refractivity contribution in [1.29, 1.82) is 0 Å². The maximum absolute atomic E-state index is 12.2. The Hall–Kier alpha value is -1.45. The predicted molar refractivity (Wildman–Crippen MR) is 72.2 cm³/mol. The van der Waals surface area contributed by atoms with Crippen molar-refractivity contribution in [2.75, 3.05) is 24.1 Å². The fraction of sp³-hybridized carbons (Fsp3) is 0.455. The van der Waals surface area contributed by atoms with Gasteiger partial charge in [-0.05, 0) is 18.2 Å². The summed E-state index contributed by atoms with van der Waals surface area (Å²) in [6.07, 6.45) is -4.75. The topological polar surface area (TPSA) is 104 Å². The minimum atomic E-state index is -3.66. The molecule has 0 spiro atoms. The van der Waals surface area contributed by atoms with Gasteiger partial charge in [0, 0.05) is 13.1 Å². The molecular formula is C11H17F2N3O3S. The lowest BCUT2D eigenvalue weighted by Crippen LogP contribution is -2.27. The second kappa shape index (κ2) is 6.82. The highest BCUT2D eigenvalue weighted by atomic mass is 32.2. The number of nitrogens with one attached hydrogen (secondary N) is 2. The van der Waals surface area contributed by atoms with Gasteiger partial charge in [-0.3, -0.25) is 0 Å². The second-order valence-electron chi connectivity index (χ2n) is 4.03. The molecule has 0 aliphatic rings. The smallest absolute Gasteiger partial charge is 0.265 e. The quantitative estimate of drug-likeness (QED) is 0.552. The van der Waals surface area contributed by atoms with Crippen molar-refractivity contribution < 1.29 is 22.3 Å². The van der Waals surface area contributed by atoms with Crippen molar-refractivity contribution >= 4 is 21.4 Å². The van der Waals surface area contributed by atoms with Gasteiger partial charge in [-0.2, -0.15) is 0 Å². The van der Waals surface area contributed by atoms with Crippen molar-refractivity contribution in [3.63, 3.8) is 0 Å². The molecule has 0 fully saturated rings. The molecule has 1 rings (SSSR count). The zero-order valence-corrected chi connectivity index (χ0v) is 11.6. The van der Waals surface area contributed by atoms with Crippen LogP contribution in [0.5, 0.6) is 0 Å². The number of rotatable bonds is 7. The molecule has 0 bridgehead atoms. The fourth-order valence-corrected chi connectivity index (χ4v) is 2.50. The first kappa shape index (κ1) is 16.6. The third-order valence-electron chi connectivity index (χ3n) is 2.46. The molecule has 1 unspecified atom stereocenters. The molecule has 0 aliphatic carbocycles. The lowest BCUT2D eigenvalue weighted by molar-refractivity contribution is 0.00385. The first-order valence-corrected chi connectivity index (χ1v) is 7.35. The van der Waals surface area contributed by atoms with Crippen molar-refractivity contribution in [2.45, 2.75) is 24.3 Å². The minimum Gasteiger partial charge on any atom is -0.397 e. The normalized spacial score (nSPS) is 13.4. The van der Waals surface area contributed by atoms with Crippen molar-refractivity contribution in [2.24, 2.45) is 0 Å². The van der Waals surface area contributed by atoms with Gasteiger partial charge in [-0.25, -0.2) is 21.9 Å². The van der Waals surface area contributed by atoms with Crippen LogP contribution < -0.4 is 15.8 Å². The molecule has 5 N–H and O–H groups in total. The number of hydrogen-bond donors (Lipinski definition) is 4. The van der Waals surface area contributed by atoms with E-state index in [1.165, 1.54) is 18.2 Å². The number of nitrogen functional groups attached to an aromatic ring is 1. The summed E-state index contributed by atoms with van der Waals surface area (Å²) in [5.74, 6) is 0. The Kier molecular flexibility index (Phi) is 5.66. The molecule has 6 nitrogen and oxygen atoms in total. The second-order valence-corrected chi connectivity index (χ2v) is 5.80. The molecule has 0 saturated carbocycles. The maximum Gasteiger partial charge on any atom is 0.265 e. The van der Waals surface area contributed by atoms with E-state index >= 15 is 0 Å². The Bertz CT molecular complexity index is 552. The van der Waals surface area contributed by atoms with Gasteiger partial charge in [0.2, 0.25) is 10.0 Å². The predicted octanol–water partition coefficient (Wildman–Crippen LogP) is 0.605. The Morgan fingerprint density at radius 2 is 2.05 bits per heavy atom. The Labute approximate surface area is 116 Å². The molecular weight excluding hydrogens is 292 g/mol. The number of aliphatic hydroxyl groups is 1. The van der Waals surface area contributed by atoms with Crippen LogP contribution in [0.2, 0.25) is 0 Å².